The average Bonchev–Trinajstić information content (AvgIpc) is 3.75. The lowest BCUT2D eigenvalue weighted by molar-refractivity contribution is 0.271. The van der Waals surface area contributed by atoms with Crippen molar-refractivity contribution in [2.45, 2.75) is 33.6 Å². The van der Waals surface area contributed by atoms with Crippen LogP contribution in [0.5, 0.6) is 11.5 Å². The predicted molar refractivity (Wildman–Crippen MR) is 181 cm³/mol. The van der Waals surface area contributed by atoms with E-state index in [1.807, 2.05) is 108 Å². The molecule has 0 saturated heterocycles. The van der Waals surface area contributed by atoms with Crippen LogP contribution >= 0.6 is 11.3 Å². The molecule has 0 amide bonds. The molecule has 0 atom stereocenters. The largest absolute Gasteiger partial charge is 0.494 e. The second-order valence-electron chi connectivity index (χ2n) is 11.1. The van der Waals surface area contributed by atoms with Crippen molar-refractivity contribution in [3.8, 4) is 28.4 Å². The van der Waals surface area contributed by atoms with Gasteiger partial charge in [0.15, 0.2) is 5.82 Å². The molecular weight excluding hydrogens is 582 g/mol. The molecule has 0 radical (unpaired) electrons. The highest BCUT2D eigenvalue weighted by molar-refractivity contribution is 7.15. The van der Waals surface area contributed by atoms with E-state index in [1.165, 1.54) is 15.9 Å². The SMILES string of the molecule is CCCCOc1ccc(/C=C/c2nc3s/c(=C\c4cn(-c5ccccc5)nc4-c4ccc(OCC(C)C)cc4)c(=O)n3n2)cc1. The van der Waals surface area contributed by atoms with E-state index in [4.69, 9.17) is 14.6 Å². The maximum absolute atomic E-state index is 13.4. The summed E-state index contributed by atoms with van der Waals surface area (Å²) < 4.78 is 15.3. The van der Waals surface area contributed by atoms with Gasteiger partial charge in [0.1, 0.15) is 17.2 Å². The van der Waals surface area contributed by atoms with E-state index in [0.717, 1.165) is 59.0 Å². The van der Waals surface area contributed by atoms with Gasteiger partial charge in [-0.2, -0.15) is 14.6 Å². The fraction of sp³-hybridized carbons (Fsp3) is 0.222. The fourth-order valence-corrected chi connectivity index (χ4v) is 5.55. The van der Waals surface area contributed by atoms with Crippen LogP contribution in [0, 0.1) is 5.92 Å². The van der Waals surface area contributed by atoms with Crippen LogP contribution in [0.4, 0.5) is 0 Å². The summed E-state index contributed by atoms with van der Waals surface area (Å²) in [6.07, 6.45) is 9.68. The number of unbranched alkanes of at least 4 members (excludes halogenated alkanes) is 1. The molecule has 0 N–H and O–H groups in total. The van der Waals surface area contributed by atoms with Gasteiger partial charge in [-0.3, -0.25) is 4.79 Å². The van der Waals surface area contributed by atoms with Gasteiger partial charge < -0.3 is 9.47 Å². The summed E-state index contributed by atoms with van der Waals surface area (Å²) in [4.78, 5) is 18.6. The van der Waals surface area contributed by atoms with E-state index < -0.39 is 0 Å². The van der Waals surface area contributed by atoms with Crippen LogP contribution in [0.1, 0.15) is 50.6 Å². The topological polar surface area (TPSA) is 83.5 Å². The molecule has 3 aromatic heterocycles. The molecule has 0 aliphatic rings. The van der Waals surface area contributed by atoms with Gasteiger partial charge in [-0.1, -0.05) is 74.9 Å². The van der Waals surface area contributed by atoms with Crippen LogP contribution in [-0.4, -0.2) is 37.6 Å². The van der Waals surface area contributed by atoms with Crippen molar-refractivity contribution in [3.05, 3.63) is 117 Å². The Balaban J connectivity index is 1.28. The molecule has 9 heteroatoms. The van der Waals surface area contributed by atoms with Crippen LogP contribution in [0.25, 0.3) is 40.1 Å². The number of nitrogens with zero attached hydrogens (tertiary/aromatic N) is 5. The maximum atomic E-state index is 13.4. The van der Waals surface area contributed by atoms with E-state index in [9.17, 15) is 4.79 Å². The van der Waals surface area contributed by atoms with Crippen molar-refractivity contribution in [1.82, 2.24) is 24.4 Å². The normalized spacial score (nSPS) is 12.1. The van der Waals surface area contributed by atoms with Crippen LogP contribution in [0.15, 0.2) is 89.9 Å². The van der Waals surface area contributed by atoms with Crippen molar-refractivity contribution in [2.24, 2.45) is 5.92 Å². The minimum absolute atomic E-state index is 0.216. The summed E-state index contributed by atoms with van der Waals surface area (Å²) in [5.74, 6) is 2.58. The Labute approximate surface area is 265 Å². The zero-order valence-electron chi connectivity index (χ0n) is 25.6. The molecule has 0 aliphatic heterocycles. The monoisotopic (exact) mass is 617 g/mol. The minimum atomic E-state index is -0.216. The molecule has 3 aromatic carbocycles. The molecule has 0 bridgehead atoms. The highest BCUT2D eigenvalue weighted by Crippen LogP contribution is 2.27. The lowest BCUT2D eigenvalue weighted by atomic mass is 10.1. The zero-order valence-corrected chi connectivity index (χ0v) is 26.4. The van der Waals surface area contributed by atoms with E-state index in [1.54, 1.807) is 0 Å². The Kier molecular flexibility index (Phi) is 9.17. The number of ether oxygens (including phenoxy) is 2. The molecule has 0 fully saturated rings. The molecule has 0 spiro atoms. The lowest BCUT2D eigenvalue weighted by Crippen LogP contribution is -2.23. The maximum Gasteiger partial charge on any atom is 0.291 e. The van der Waals surface area contributed by atoms with Gasteiger partial charge in [0, 0.05) is 17.3 Å². The van der Waals surface area contributed by atoms with Gasteiger partial charge in [-0.25, -0.2) is 4.68 Å². The summed E-state index contributed by atoms with van der Waals surface area (Å²) in [7, 11) is 0. The van der Waals surface area contributed by atoms with Gasteiger partial charge >= 0.3 is 0 Å². The minimum Gasteiger partial charge on any atom is -0.494 e. The fourth-order valence-electron chi connectivity index (χ4n) is 4.64. The number of para-hydroxylation sites is 1. The number of hydrogen-bond acceptors (Lipinski definition) is 7. The number of hydrogen-bond donors (Lipinski definition) is 0. The molecule has 6 rings (SSSR count). The quantitative estimate of drug-likeness (QED) is 0.138. The first-order valence-electron chi connectivity index (χ1n) is 15.2. The first kappa shape index (κ1) is 30.0. The third-order valence-electron chi connectivity index (χ3n) is 7.03. The summed E-state index contributed by atoms with van der Waals surface area (Å²) in [6, 6.07) is 25.7. The van der Waals surface area contributed by atoms with E-state index >= 15 is 0 Å². The Bertz CT molecular complexity index is 2010. The third-order valence-corrected chi connectivity index (χ3v) is 7.99. The molecule has 6 aromatic rings. The van der Waals surface area contributed by atoms with Crippen molar-refractivity contribution >= 4 is 34.5 Å². The number of aromatic nitrogens is 5. The second-order valence-corrected chi connectivity index (χ2v) is 12.1. The van der Waals surface area contributed by atoms with Crippen LogP contribution < -0.4 is 19.6 Å². The third kappa shape index (κ3) is 7.21. The molecule has 0 aliphatic carbocycles. The Morgan fingerprint density at radius 3 is 2.33 bits per heavy atom. The molecule has 228 valence electrons. The van der Waals surface area contributed by atoms with Crippen molar-refractivity contribution in [1.29, 1.82) is 0 Å². The zero-order chi connectivity index (χ0) is 31.2. The Hall–Kier alpha value is -5.02. The summed E-state index contributed by atoms with van der Waals surface area (Å²) in [5, 5.41) is 9.37. The van der Waals surface area contributed by atoms with Crippen molar-refractivity contribution in [3.63, 3.8) is 0 Å². The van der Waals surface area contributed by atoms with Gasteiger partial charge in [-0.05, 0) is 78.6 Å². The molecule has 0 saturated carbocycles. The molecule has 3 heterocycles. The van der Waals surface area contributed by atoms with Crippen LogP contribution in [0.2, 0.25) is 0 Å². The van der Waals surface area contributed by atoms with Gasteiger partial charge in [0.05, 0.1) is 23.4 Å². The predicted octanol–water partition coefficient (Wildman–Crippen LogP) is 6.94. The first-order valence-corrected chi connectivity index (χ1v) is 16.0. The van der Waals surface area contributed by atoms with Gasteiger partial charge in [-0.15, -0.1) is 5.10 Å². The van der Waals surface area contributed by atoms with Crippen LogP contribution in [-0.2, 0) is 0 Å². The molecule has 0 unspecified atom stereocenters. The van der Waals surface area contributed by atoms with E-state index in [-0.39, 0.29) is 5.56 Å². The summed E-state index contributed by atoms with van der Waals surface area (Å²) in [5.41, 5.74) is 4.21. The van der Waals surface area contributed by atoms with Crippen molar-refractivity contribution in [2.75, 3.05) is 13.2 Å². The summed E-state index contributed by atoms with van der Waals surface area (Å²) >= 11 is 1.31. The van der Waals surface area contributed by atoms with Gasteiger partial charge in [0.2, 0.25) is 4.96 Å². The Morgan fingerprint density at radius 2 is 1.62 bits per heavy atom. The smallest absolute Gasteiger partial charge is 0.291 e. The molecule has 8 nitrogen and oxygen atoms in total. The highest BCUT2D eigenvalue weighted by Gasteiger charge is 2.14. The van der Waals surface area contributed by atoms with E-state index in [0.29, 0.717) is 27.8 Å². The number of rotatable bonds is 12. The number of benzene rings is 3. The molecular formula is C36H35N5O3S. The average molecular weight is 618 g/mol. The molecule has 45 heavy (non-hydrogen) atoms. The second kappa shape index (κ2) is 13.7. The van der Waals surface area contributed by atoms with Crippen molar-refractivity contribution < 1.29 is 9.47 Å². The number of fused-ring (bicyclic) bond motifs is 1. The van der Waals surface area contributed by atoms with Crippen LogP contribution in [0.3, 0.4) is 0 Å². The van der Waals surface area contributed by atoms with E-state index in [2.05, 4.69) is 30.9 Å². The van der Waals surface area contributed by atoms with Gasteiger partial charge in [0.25, 0.3) is 5.56 Å². The standard InChI is InChI=1S/C36H35N5O3S/c1-4-5-21-43-30-16-11-26(12-17-30)13-20-33-37-36-41(38-33)35(42)32(45-36)22-28-23-40(29-9-7-6-8-10-29)39-34(28)27-14-18-31(19-15-27)44-24-25(2)3/h6-20,22-23,25H,4-5,21,24H2,1-3H3/b20-13+,32-22-. The lowest BCUT2D eigenvalue weighted by Gasteiger charge is -2.09. The first-order chi connectivity index (χ1) is 22.0. The Morgan fingerprint density at radius 1 is 0.889 bits per heavy atom. The summed E-state index contributed by atoms with van der Waals surface area (Å²) in [6.45, 7) is 7.76. The highest BCUT2D eigenvalue weighted by atomic mass is 32.1. The number of thiazole rings is 1.